The smallest absolute Gasteiger partial charge is 0.255 e. The molecule has 2 aliphatic rings. The Kier molecular flexibility index (Phi) is 6.21. The number of ether oxygens (including phenoxy) is 1. The van der Waals surface area contributed by atoms with E-state index < -0.39 is 29.6 Å². The fraction of sp³-hybridized carbons (Fsp3) is 0.462. The van der Waals surface area contributed by atoms with Crippen LogP contribution >= 0.6 is 0 Å². The Bertz CT molecular complexity index is 1280. The minimum Gasteiger partial charge on any atom is -0.473 e. The lowest BCUT2D eigenvalue weighted by Gasteiger charge is -2.47. The van der Waals surface area contributed by atoms with Gasteiger partial charge in [0.2, 0.25) is 5.88 Å². The van der Waals surface area contributed by atoms with Crippen molar-refractivity contribution in [3.63, 3.8) is 0 Å². The molecule has 0 saturated carbocycles. The highest BCUT2D eigenvalue weighted by atomic mass is 19.2. The predicted molar refractivity (Wildman–Crippen MR) is 125 cm³/mol. The van der Waals surface area contributed by atoms with Gasteiger partial charge in [-0.3, -0.25) is 4.79 Å². The van der Waals surface area contributed by atoms with Crippen molar-refractivity contribution >= 4 is 11.4 Å². The van der Waals surface area contributed by atoms with Gasteiger partial charge in [0, 0.05) is 24.2 Å². The molecule has 2 aliphatic heterocycles. The highest BCUT2D eigenvalue weighted by molar-refractivity contribution is 6.02. The molecule has 0 spiro atoms. The molecule has 35 heavy (non-hydrogen) atoms. The highest BCUT2D eigenvalue weighted by Crippen LogP contribution is 2.33. The first-order valence-corrected chi connectivity index (χ1v) is 12.0. The predicted octanol–water partition coefficient (Wildman–Crippen LogP) is 4.69. The molecule has 9 heteroatoms. The van der Waals surface area contributed by atoms with Crippen LogP contribution < -0.4 is 10.1 Å². The fourth-order valence-corrected chi connectivity index (χ4v) is 5.58. The van der Waals surface area contributed by atoms with Crippen LogP contribution in [0.3, 0.4) is 0 Å². The van der Waals surface area contributed by atoms with Gasteiger partial charge in [-0.25, -0.2) is 13.2 Å². The van der Waals surface area contributed by atoms with Gasteiger partial charge in [0.15, 0.2) is 11.6 Å². The SMILES string of the molecule is Cc1cc(OCc2c(F)ccc(F)c2F)n2nc(C)c(C(=O)NC3CC4CCCC(C3)N4C)c2c1. The van der Waals surface area contributed by atoms with Crippen molar-refractivity contribution in [1.29, 1.82) is 0 Å². The number of rotatable bonds is 5. The first-order chi connectivity index (χ1) is 16.7. The van der Waals surface area contributed by atoms with Crippen molar-refractivity contribution in [2.75, 3.05) is 7.05 Å². The van der Waals surface area contributed by atoms with Crippen LogP contribution in [0.1, 0.15) is 59.3 Å². The summed E-state index contributed by atoms with van der Waals surface area (Å²) < 4.78 is 48.9. The van der Waals surface area contributed by atoms with E-state index in [-0.39, 0.29) is 17.8 Å². The van der Waals surface area contributed by atoms with Crippen LogP contribution in [0.4, 0.5) is 13.2 Å². The number of nitrogens with one attached hydrogen (secondary N) is 1. The number of nitrogens with zero attached hydrogens (tertiary/aromatic N) is 3. The maximum atomic E-state index is 14.1. The van der Waals surface area contributed by atoms with Crippen molar-refractivity contribution in [2.24, 2.45) is 0 Å². The van der Waals surface area contributed by atoms with E-state index in [9.17, 15) is 18.0 Å². The maximum Gasteiger partial charge on any atom is 0.255 e. The van der Waals surface area contributed by atoms with Crippen molar-refractivity contribution in [3.05, 3.63) is 64.1 Å². The summed E-state index contributed by atoms with van der Waals surface area (Å²) in [4.78, 5) is 15.8. The Labute approximate surface area is 202 Å². The largest absolute Gasteiger partial charge is 0.473 e. The van der Waals surface area contributed by atoms with Gasteiger partial charge >= 0.3 is 0 Å². The molecule has 1 amide bonds. The number of amides is 1. The zero-order valence-corrected chi connectivity index (χ0v) is 20.1. The molecular weight excluding hydrogens is 457 g/mol. The number of pyridine rings is 1. The Balaban J connectivity index is 1.40. The summed E-state index contributed by atoms with van der Waals surface area (Å²) in [6.07, 6.45) is 5.40. The average molecular weight is 487 g/mol. The van der Waals surface area contributed by atoms with Gasteiger partial charge in [0.05, 0.1) is 22.3 Å². The molecule has 5 rings (SSSR count). The number of fused-ring (bicyclic) bond motifs is 3. The van der Waals surface area contributed by atoms with Crippen LogP contribution in [-0.4, -0.2) is 45.6 Å². The maximum absolute atomic E-state index is 14.1. The van der Waals surface area contributed by atoms with Gasteiger partial charge in [-0.2, -0.15) is 9.61 Å². The van der Waals surface area contributed by atoms with E-state index in [0.29, 0.717) is 28.9 Å². The second-order valence-corrected chi connectivity index (χ2v) is 9.78. The quantitative estimate of drug-likeness (QED) is 0.532. The summed E-state index contributed by atoms with van der Waals surface area (Å²) >= 11 is 0. The number of hydrogen-bond donors (Lipinski definition) is 1. The number of aromatic nitrogens is 2. The molecule has 3 aromatic rings. The van der Waals surface area contributed by atoms with Crippen LogP contribution in [0.5, 0.6) is 5.88 Å². The third-order valence-corrected chi connectivity index (χ3v) is 7.43. The molecule has 2 atom stereocenters. The number of piperidine rings is 2. The lowest BCUT2D eigenvalue weighted by molar-refractivity contribution is 0.0463. The summed E-state index contributed by atoms with van der Waals surface area (Å²) in [5.74, 6) is -3.31. The number of carbonyl (C=O) groups excluding carboxylic acids is 1. The number of hydrogen-bond acceptors (Lipinski definition) is 4. The zero-order chi connectivity index (χ0) is 24.9. The monoisotopic (exact) mass is 486 g/mol. The topological polar surface area (TPSA) is 58.9 Å². The molecule has 2 bridgehead atoms. The lowest BCUT2D eigenvalue weighted by Crippen LogP contribution is -2.55. The van der Waals surface area contributed by atoms with E-state index in [1.54, 1.807) is 13.0 Å². The molecule has 0 radical (unpaired) electrons. The summed E-state index contributed by atoms with van der Waals surface area (Å²) in [5, 5.41) is 7.69. The molecule has 2 saturated heterocycles. The van der Waals surface area contributed by atoms with Gasteiger partial charge in [0.1, 0.15) is 12.4 Å². The van der Waals surface area contributed by atoms with E-state index in [1.165, 1.54) is 10.9 Å². The van der Waals surface area contributed by atoms with Gasteiger partial charge in [-0.1, -0.05) is 6.42 Å². The van der Waals surface area contributed by atoms with Gasteiger partial charge in [-0.05, 0) is 70.3 Å². The molecule has 1 aromatic carbocycles. The van der Waals surface area contributed by atoms with E-state index in [1.807, 2.05) is 13.0 Å². The molecule has 0 aliphatic carbocycles. The van der Waals surface area contributed by atoms with Crippen molar-refractivity contribution in [3.8, 4) is 5.88 Å². The second-order valence-electron chi connectivity index (χ2n) is 9.78. The summed E-state index contributed by atoms with van der Waals surface area (Å²) in [6.45, 7) is 3.06. The Morgan fingerprint density at radius 2 is 1.80 bits per heavy atom. The number of carbonyl (C=O) groups is 1. The van der Waals surface area contributed by atoms with E-state index in [2.05, 4.69) is 22.4 Å². The average Bonchev–Trinajstić information content (AvgIpc) is 3.12. The third kappa shape index (κ3) is 4.37. The Morgan fingerprint density at radius 3 is 2.51 bits per heavy atom. The summed E-state index contributed by atoms with van der Waals surface area (Å²) in [7, 11) is 2.17. The fourth-order valence-electron chi connectivity index (χ4n) is 5.58. The van der Waals surface area contributed by atoms with Crippen LogP contribution in [0.15, 0.2) is 24.3 Å². The molecule has 6 nitrogen and oxygen atoms in total. The number of aryl methyl sites for hydroxylation is 2. The minimum atomic E-state index is -1.28. The molecule has 186 valence electrons. The van der Waals surface area contributed by atoms with E-state index >= 15 is 0 Å². The number of halogens is 3. The number of benzene rings is 1. The van der Waals surface area contributed by atoms with Crippen LogP contribution in [0.2, 0.25) is 0 Å². The Morgan fingerprint density at radius 1 is 1.11 bits per heavy atom. The van der Waals surface area contributed by atoms with Crippen molar-refractivity contribution in [2.45, 2.75) is 70.7 Å². The standard InChI is InChI=1S/C26H29F3N4O2/c1-14-9-22-24(26(34)30-16-11-17-5-4-6-18(12-16)32(17)3)15(2)31-33(22)23(10-14)35-13-19-20(27)7-8-21(28)25(19)29/h7-10,16-18H,4-6,11-13H2,1-3H3,(H,30,34). The molecular formula is C26H29F3N4O2. The van der Waals surface area contributed by atoms with Gasteiger partial charge < -0.3 is 15.0 Å². The molecule has 2 unspecified atom stereocenters. The first kappa shape index (κ1) is 23.7. The zero-order valence-electron chi connectivity index (χ0n) is 20.1. The van der Waals surface area contributed by atoms with Gasteiger partial charge in [0.25, 0.3) is 5.91 Å². The minimum absolute atomic E-state index is 0.0998. The molecule has 2 aromatic heterocycles. The van der Waals surface area contributed by atoms with Crippen LogP contribution in [-0.2, 0) is 6.61 Å². The van der Waals surface area contributed by atoms with E-state index in [0.717, 1.165) is 43.4 Å². The molecule has 4 heterocycles. The summed E-state index contributed by atoms with van der Waals surface area (Å²) in [6, 6.07) is 6.16. The second kappa shape index (κ2) is 9.18. The summed E-state index contributed by atoms with van der Waals surface area (Å²) in [5.41, 5.74) is 1.80. The van der Waals surface area contributed by atoms with Gasteiger partial charge in [-0.15, -0.1) is 0 Å². The third-order valence-electron chi connectivity index (χ3n) is 7.43. The van der Waals surface area contributed by atoms with E-state index in [4.69, 9.17) is 4.74 Å². The molecule has 2 fully saturated rings. The van der Waals surface area contributed by atoms with Crippen LogP contribution in [0.25, 0.3) is 5.52 Å². The van der Waals surface area contributed by atoms with Crippen molar-refractivity contribution in [1.82, 2.24) is 19.8 Å². The lowest BCUT2D eigenvalue weighted by atomic mass is 9.82. The Hall–Kier alpha value is -3.07. The molecule has 1 N–H and O–H groups in total. The normalized spacial score (nSPS) is 22.4. The first-order valence-electron chi connectivity index (χ1n) is 12.0. The highest BCUT2D eigenvalue weighted by Gasteiger charge is 2.37. The van der Waals surface area contributed by atoms with Crippen molar-refractivity contribution < 1.29 is 22.7 Å². The van der Waals surface area contributed by atoms with Crippen LogP contribution in [0, 0.1) is 31.3 Å².